The molecule has 6 nitrogen and oxygen atoms in total. The first-order valence-electron chi connectivity index (χ1n) is 5.79. The van der Waals surface area contributed by atoms with E-state index in [0.29, 0.717) is 5.69 Å². The number of amidine groups is 1. The summed E-state index contributed by atoms with van der Waals surface area (Å²) in [5.74, 6) is 1.06. The van der Waals surface area contributed by atoms with Gasteiger partial charge in [-0.1, -0.05) is 0 Å². The van der Waals surface area contributed by atoms with Crippen LogP contribution in [0.25, 0.3) is 0 Å². The van der Waals surface area contributed by atoms with Crippen molar-refractivity contribution in [3.8, 4) is 0 Å². The molecule has 2 aromatic heterocycles. The van der Waals surface area contributed by atoms with Crippen molar-refractivity contribution in [3.05, 3.63) is 42.2 Å². The quantitative estimate of drug-likeness (QED) is 0.596. The van der Waals surface area contributed by atoms with Gasteiger partial charge in [0.2, 0.25) is 0 Å². The summed E-state index contributed by atoms with van der Waals surface area (Å²) < 4.78 is 2.16. The van der Waals surface area contributed by atoms with Gasteiger partial charge in [-0.05, 0) is 12.1 Å². The molecular formula is C12H14N6. The van der Waals surface area contributed by atoms with E-state index < -0.39 is 0 Å². The average Bonchev–Trinajstić information content (AvgIpc) is 2.86. The lowest BCUT2D eigenvalue weighted by Gasteiger charge is -2.29. The van der Waals surface area contributed by atoms with Gasteiger partial charge in [0.25, 0.3) is 0 Å². The molecule has 0 fully saturated rings. The second-order valence-corrected chi connectivity index (χ2v) is 4.27. The first-order chi connectivity index (χ1) is 8.74. The molecule has 2 aromatic rings. The molecule has 0 atom stereocenters. The smallest absolute Gasteiger partial charge is 0.141 e. The second-order valence-electron chi connectivity index (χ2n) is 4.27. The largest absolute Gasteiger partial charge is 0.382 e. The molecule has 0 radical (unpaired) electrons. The number of nitrogens with zero attached hydrogens (tertiary/aromatic N) is 4. The van der Waals surface area contributed by atoms with Crippen LogP contribution < -0.4 is 10.6 Å². The van der Waals surface area contributed by atoms with Gasteiger partial charge in [0.15, 0.2) is 0 Å². The minimum absolute atomic E-state index is 0.00395. The molecule has 3 rings (SSSR count). The van der Waals surface area contributed by atoms with E-state index in [0.717, 1.165) is 31.1 Å². The number of rotatable bonds is 2. The molecule has 0 amide bonds. The van der Waals surface area contributed by atoms with E-state index in [2.05, 4.69) is 19.4 Å². The number of anilines is 1. The van der Waals surface area contributed by atoms with Gasteiger partial charge in [-0.2, -0.15) is 0 Å². The fraction of sp³-hybridized carbons (Fsp3) is 0.250. The Morgan fingerprint density at radius 3 is 2.89 bits per heavy atom. The van der Waals surface area contributed by atoms with Gasteiger partial charge in [-0.15, -0.1) is 0 Å². The van der Waals surface area contributed by atoms with Crippen LogP contribution in [0.5, 0.6) is 0 Å². The molecule has 0 bridgehead atoms. The lowest BCUT2D eigenvalue weighted by atomic mass is 10.2. The Hall–Kier alpha value is -2.37. The molecule has 0 spiro atoms. The standard InChI is InChI=1S/C12H14N6/c13-12(14)10-2-1-9(7-16-10)18-6-5-17-4-3-15-11(17)8-18/h1-4,7H,5-6,8H2,(H3,13,14). The predicted octanol–water partition coefficient (Wildman–Crippen LogP) is 0.582. The predicted molar refractivity (Wildman–Crippen MR) is 68.5 cm³/mol. The molecule has 6 heteroatoms. The minimum atomic E-state index is -0.00395. The molecule has 18 heavy (non-hydrogen) atoms. The van der Waals surface area contributed by atoms with Gasteiger partial charge in [-0.25, -0.2) is 4.98 Å². The molecule has 1 aliphatic rings. The van der Waals surface area contributed by atoms with Crippen LogP contribution in [-0.4, -0.2) is 26.9 Å². The van der Waals surface area contributed by atoms with Crippen molar-refractivity contribution in [3.63, 3.8) is 0 Å². The highest BCUT2D eigenvalue weighted by molar-refractivity contribution is 5.93. The fourth-order valence-corrected chi connectivity index (χ4v) is 2.13. The van der Waals surface area contributed by atoms with Crippen molar-refractivity contribution in [1.82, 2.24) is 14.5 Å². The van der Waals surface area contributed by atoms with Crippen LogP contribution in [-0.2, 0) is 13.1 Å². The number of nitrogens with two attached hydrogens (primary N) is 1. The van der Waals surface area contributed by atoms with Crippen LogP contribution >= 0.6 is 0 Å². The summed E-state index contributed by atoms with van der Waals surface area (Å²) in [6.07, 6.45) is 5.59. The second kappa shape index (κ2) is 4.14. The summed E-state index contributed by atoms with van der Waals surface area (Å²) in [6, 6.07) is 3.72. The molecule has 0 saturated heterocycles. The lowest BCUT2D eigenvalue weighted by molar-refractivity contribution is 0.559. The van der Waals surface area contributed by atoms with E-state index in [9.17, 15) is 0 Å². The van der Waals surface area contributed by atoms with Crippen LogP contribution in [0, 0.1) is 5.41 Å². The van der Waals surface area contributed by atoms with Gasteiger partial charge in [0.1, 0.15) is 17.4 Å². The lowest BCUT2D eigenvalue weighted by Crippen LogP contribution is -2.33. The maximum atomic E-state index is 7.31. The number of nitrogens with one attached hydrogen (secondary N) is 1. The molecule has 1 aliphatic heterocycles. The van der Waals surface area contributed by atoms with Gasteiger partial charge in [-0.3, -0.25) is 10.4 Å². The van der Waals surface area contributed by atoms with Gasteiger partial charge < -0.3 is 15.2 Å². The van der Waals surface area contributed by atoms with Gasteiger partial charge >= 0.3 is 0 Å². The maximum Gasteiger partial charge on any atom is 0.141 e. The van der Waals surface area contributed by atoms with Gasteiger partial charge in [0, 0.05) is 25.5 Å². The number of fused-ring (bicyclic) bond motifs is 1. The zero-order chi connectivity index (χ0) is 12.5. The van der Waals surface area contributed by atoms with Crippen molar-refractivity contribution in [2.75, 3.05) is 11.4 Å². The maximum absolute atomic E-state index is 7.31. The van der Waals surface area contributed by atoms with E-state index >= 15 is 0 Å². The third kappa shape index (κ3) is 1.81. The number of hydrogen-bond donors (Lipinski definition) is 2. The molecule has 0 aliphatic carbocycles. The minimum Gasteiger partial charge on any atom is -0.382 e. The highest BCUT2D eigenvalue weighted by atomic mass is 15.2. The van der Waals surface area contributed by atoms with E-state index in [-0.39, 0.29) is 5.84 Å². The highest BCUT2D eigenvalue weighted by Gasteiger charge is 2.17. The fourth-order valence-electron chi connectivity index (χ4n) is 2.13. The number of nitrogen functional groups attached to an aromatic ring is 1. The Balaban J connectivity index is 1.82. The summed E-state index contributed by atoms with van der Waals surface area (Å²) in [4.78, 5) is 10.7. The first-order valence-corrected chi connectivity index (χ1v) is 5.79. The SMILES string of the molecule is N=C(N)c1ccc(N2CCn3ccnc3C2)cn1. The van der Waals surface area contributed by atoms with Crippen LogP contribution in [0.4, 0.5) is 5.69 Å². The monoisotopic (exact) mass is 242 g/mol. The summed E-state index contributed by atoms with van der Waals surface area (Å²) >= 11 is 0. The van der Waals surface area contributed by atoms with E-state index in [1.165, 1.54) is 0 Å². The number of pyridine rings is 1. The Labute approximate surface area is 105 Å². The van der Waals surface area contributed by atoms with E-state index in [1.54, 1.807) is 12.3 Å². The van der Waals surface area contributed by atoms with Gasteiger partial charge in [0.05, 0.1) is 18.4 Å². The van der Waals surface area contributed by atoms with E-state index in [1.807, 2.05) is 18.5 Å². The van der Waals surface area contributed by atoms with Crippen molar-refractivity contribution in [2.45, 2.75) is 13.1 Å². The van der Waals surface area contributed by atoms with Crippen molar-refractivity contribution in [1.29, 1.82) is 5.41 Å². The topological polar surface area (TPSA) is 83.8 Å². The summed E-state index contributed by atoms with van der Waals surface area (Å²) in [7, 11) is 0. The Kier molecular flexibility index (Phi) is 2.47. The van der Waals surface area contributed by atoms with Crippen molar-refractivity contribution >= 4 is 11.5 Å². The molecule has 3 N–H and O–H groups in total. The zero-order valence-electron chi connectivity index (χ0n) is 9.87. The summed E-state index contributed by atoms with van der Waals surface area (Å²) in [5, 5.41) is 7.31. The molecule has 3 heterocycles. The average molecular weight is 242 g/mol. The summed E-state index contributed by atoms with van der Waals surface area (Å²) in [6.45, 7) is 2.66. The van der Waals surface area contributed by atoms with Crippen molar-refractivity contribution in [2.24, 2.45) is 5.73 Å². The highest BCUT2D eigenvalue weighted by Crippen LogP contribution is 2.19. The Morgan fingerprint density at radius 2 is 2.17 bits per heavy atom. The van der Waals surface area contributed by atoms with Crippen LogP contribution in [0.15, 0.2) is 30.7 Å². The third-order valence-electron chi connectivity index (χ3n) is 3.13. The molecule has 0 aromatic carbocycles. The molecular weight excluding hydrogens is 228 g/mol. The first kappa shape index (κ1) is 10.8. The normalized spacial score (nSPS) is 14.3. The number of aromatic nitrogens is 3. The van der Waals surface area contributed by atoms with E-state index in [4.69, 9.17) is 11.1 Å². The van der Waals surface area contributed by atoms with Crippen molar-refractivity contribution < 1.29 is 0 Å². The Bertz CT molecular complexity index is 571. The summed E-state index contributed by atoms with van der Waals surface area (Å²) in [5.41, 5.74) is 6.93. The van der Waals surface area contributed by atoms with Crippen LogP contribution in [0.2, 0.25) is 0 Å². The van der Waals surface area contributed by atoms with Crippen LogP contribution in [0.3, 0.4) is 0 Å². The molecule has 0 unspecified atom stereocenters. The third-order valence-corrected chi connectivity index (χ3v) is 3.13. The molecule has 0 saturated carbocycles. The van der Waals surface area contributed by atoms with Crippen LogP contribution in [0.1, 0.15) is 11.5 Å². The molecule has 92 valence electrons. The zero-order valence-corrected chi connectivity index (χ0v) is 9.87. The number of hydrogen-bond acceptors (Lipinski definition) is 4. The number of imidazole rings is 1. The Morgan fingerprint density at radius 1 is 1.28 bits per heavy atom.